The summed E-state index contributed by atoms with van der Waals surface area (Å²) in [7, 11) is 0. The van der Waals surface area contributed by atoms with Crippen LogP contribution in [0.5, 0.6) is 0 Å². The molecule has 1 aliphatic carbocycles. The van der Waals surface area contributed by atoms with E-state index >= 15 is 0 Å². The van der Waals surface area contributed by atoms with E-state index in [9.17, 15) is 0 Å². The van der Waals surface area contributed by atoms with Gasteiger partial charge in [0.05, 0.1) is 0 Å². The molecular weight excluding hydrogens is 212 g/mol. The molecule has 0 saturated carbocycles. The average molecular weight is 226 g/mol. The predicted octanol–water partition coefficient (Wildman–Crippen LogP) is 2.00. The molecule has 0 unspecified atom stereocenters. The predicted molar refractivity (Wildman–Crippen MR) is 66.3 cm³/mol. The minimum Gasteiger partial charge on any atom is -0.383 e. The summed E-state index contributed by atoms with van der Waals surface area (Å²) in [5, 5.41) is 0. The van der Waals surface area contributed by atoms with E-state index in [1.807, 2.05) is 12.1 Å². The third-order valence-corrected chi connectivity index (χ3v) is 3.13. The first-order valence-electron chi connectivity index (χ1n) is 5.90. The number of hydrogen-bond donors (Lipinski definition) is 1. The highest BCUT2D eigenvalue weighted by atomic mass is 15.0. The van der Waals surface area contributed by atoms with E-state index in [0.29, 0.717) is 11.6 Å². The Kier molecular flexibility index (Phi) is 2.48. The van der Waals surface area contributed by atoms with Crippen molar-refractivity contribution < 1.29 is 0 Å². The molecule has 2 aromatic rings. The zero-order chi connectivity index (χ0) is 11.7. The van der Waals surface area contributed by atoms with E-state index in [4.69, 9.17) is 5.73 Å². The van der Waals surface area contributed by atoms with Gasteiger partial charge >= 0.3 is 0 Å². The Morgan fingerprint density at radius 2 is 2.00 bits per heavy atom. The van der Waals surface area contributed by atoms with Gasteiger partial charge in [0.15, 0.2) is 5.82 Å². The molecule has 0 atom stereocenters. The molecule has 17 heavy (non-hydrogen) atoms. The molecule has 0 aliphatic heterocycles. The van der Waals surface area contributed by atoms with Crippen molar-refractivity contribution in [2.75, 3.05) is 5.73 Å². The molecule has 0 saturated heterocycles. The van der Waals surface area contributed by atoms with Crippen molar-refractivity contribution in [1.29, 1.82) is 0 Å². The number of nitrogens with zero attached hydrogens (tertiary/aromatic N) is 3. The number of anilines is 1. The fraction of sp³-hybridized carbons (Fsp3) is 0.308. The zero-order valence-electron chi connectivity index (χ0n) is 9.56. The minimum absolute atomic E-state index is 0.633. The maximum Gasteiger partial charge on any atom is 0.163 e. The van der Waals surface area contributed by atoms with Gasteiger partial charge in [0.2, 0.25) is 0 Å². The van der Waals surface area contributed by atoms with Crippen molar-refractivity contribution in [3.05, 3.63) is 35.8 Å². The first kappa shape index (κ1) is 10.2. The summed E-state index contributed by atoms with van der Waals surface area (Å²) >= 11 is 0. The number of nitrogen functional groups attached to an aromatic ring is 1. The Bertz CT molecular complexity index is 537. The van der Waals surface area contributed by atoms with E-state index in [2.05, 4.69) is 15.0 Å². The van der Waals surface area contributed by atoms with E-state index < -0.39 is 0 Å². The van der Waals surface area contributed by atoms with E-state index in [1.54, 1.807) is 12.4 Å². The number of nitrogens with two attached hydrogens (primary N) is 1. The van der Waals surface area contributed by atoms with Gasteiger partial charge in [-0.2, -0.15) is 0 Å². The lowest BCUT2D eigenvalue weighted by Gasteiger charge is -2.16. The Labute approximate surface area is 99.9 Å². The zero-order valence-corrected chi connectivity index (χ0v) is 9.56. The summed E-state index contributed by atoms with van der Waals surface area (Å²) in [4.78, 5) is 13.1. The summed E-state index contributed by atoms with van der Waals surface area (Å²) in [6.45, 7) is 0. The van der Waals surface area contributed by atoms with Crippen LogP contribution in [0, 0.1) is 0 Å². The van der Waals surface area contributed by atoms with Crippen LogP contribution in [0.15, 0.2) is 24.5 Å². The van der Waals surface area contributed by atoms with Crippen molar-refractivity contribution in [1.82, 2.24) is 15.0 Å². The normalized spacial score (nSPS) is 14.4. The molecule has 0 amide bonds. The smallest absolute Gasteiger partial charge is 0.163 e. The molecule has 4 heteroatoms. The van der Waals surface area contributed by atoms with Crippen molar-refractivity contribution in [2.24, 2.45) is 0 Å². The van der Waals surface area contributed by atoms with Crippen LogP contribution in [-0.4, -0.2) is 15.0 Å². The first-order valence-corrected chi connectivity index (χ1v) is 5.90. The van der Waals surface area contributed by atoms with E-state index in [0.717, 1.165) is 29.7 Å². The minimum atomic E-state index is 0.633. The molecular formula is C13H14N4. The van der Waals surface area contributed by atoms with Gasteiger partial charge in [-0.05, 0) is 37.8 Å². The van der Waals surface area contributed by atoms with Crippen molar-refractivity contribution in [3.8, 4) is 11.4 Å². The lowest BCUT2D eigenvalue weighted by molar-refractivity contribution is 0.666. The second kappa shape index (κ2) is 4.13. The van der Waals surface area contributed by atoms with Crippen LogP contribution in [0.3, 0.4) is 0 Å². The third kappa shape index (κ3) is 1.86. The second-order valence-electron chi connectivity index (χ2n) is 4.31. The molecule has 2 heterocycles. The van der Waals surface area contributed by atoms with Crippen LogP contribution in [0.4, 0.5) is 5.82 Å². The number of aryl methyl sites for hydroxylation is 1. The summed E-state index contributed by atoms with van der Waals surface area (Å²) in [6.07, 6.45) is 7.90. The second-order valence-corrected chi connectivity index (χ2v) is 4.31. The van der Waals surface area contributed by atoms with E-state index in [-0.39, 0.29) is 0 Å². The molecule has 2 N–H and O–H groups in total. The SMILES string of the molecule is Nc1nc(-c2cccnc2)nc2c1CCCC2. The van der Waals surface area contributed by atoms with Crippen LogP contribution in [0.1, 0.15) is 24.1 Å². The Hall–Kier alpha value is -1.97. The Balaban J connectivity index is 2.11. The largest absolute Gasteiger partial charge is 0.383 e. The van der Waals surface area contributed by atoms with Gasteiger partial charge in [-0.25, -0.2) is 9.97 Å². The lowest BCUT2D eigenvalue weighted by Crippen LogP contribution is -2.11. The highest BCUT2D eigenvalue weighted by Gasteiger charge is 2.16. The molecule has 4 nitrogen and oxygen atoms in total. The summed E-state index contributed by atoms with van der Waals surface area (Å²) < 4.78 is 0. The van der Waals surface area contributed by atoms with Crippen molar-refractivity contribution >= 4 is 5.82 Å². The molecule has 1 aliphatic rings. The van der Waals surface area contributed by atoms with Gasteiger partial charge in [-0.15, -0.1) is 0 Å². The van der Waals surface area contributed by atoms with Gasteiger partial charge in [-0.1, -0.05) is 0 Å². The van der Waals surface area contributed by atoms with Gasteiger partial charge in [0, 0.05) is 29.2 Å². The molecule has 0 fully saturated rings. The first-order chi connectivity index (χ1) is 8.34. The van der Waals surface area contributed by atoms with E-state index in [1.165, 1.54) is 12.8 Å². The fourth-order valence-electron chi connectivity index (χ4n) is 2.25. The summed E-state index contributed by atoms with van der Waals surface area (Å²) in [6, 6.07) is 3.84. The summed E-state index contributed by atoms with van der Waals surface area (Å²) in [5.74, 6) is 1.32. The quantitative estimate of drug-likeness (QED) is 0.807. The van der Waals surface area contributed by atoms with Crippen LogP contribution in [-0.2, 0) is 12.8 Å². The Morgan fingerprint density at radius 1 is 1.12 bits per heavy atom. The molecule has 0 aromatic carbocycles. The standard InChI is InChI=1S/C13H14N4/c14-12-10-5-1-2-6-11(10)16-13(17-12)9-4-3-7-15-8-9/h3-4,7-8H,1-2,5-6H2,(H2,14,16,17). The topological polar surface area (TPSA) is 64.7 Å². The molecule has 0 bridgehead atoms. The number of fused-ring (bicyclic) bond motifs is 1. The maximum atomic E-state index is 6.01. The number of rotatable bonds is 1. The maximum absolute atomic E-state index is 6.01. The van der Waals surface area contributed by atoms with Gasteiger partial charge in [-0.3, -0.25) is 4.98 Å². The van der Waals surface area contributed by atoms with Crippen LogP contribution < -0.4 is 5.73 Å². The highest BCUT2D eigenvalue weighted by molar-refractivity contribution is 5.58. The van der Waals surface area contributed by atoms with Gasteiger partial charge in [0.25, 0.3) is 0 Å². The molecule has 0 radical (unpaired) electrons. The molecule has 2 aromatic heterocycles. The third-order valence-electron chi connectivity index (χ3n) is 3.13. The summed E-state index contributed by atoms with van der Waals surface area (Å²) in [5.41, 5.74) is 9.19. The van der Waals surface area contributed by atoms with Crippen LogP contribution in [0.2, 0.25) is 0 Å². The van der Waals surface area contributed by atoms with Gasteiger partial charge in [0.1, 0.15) is 5.82 Å². The molecule has 86 valence electrons. The van der Waals surface area contributed by atoms with Crippen LogP contribution >= 0.6 is 0 Å². The monoisotopic (exact) mass is 226 g/mol. The van der Waals surface area contributed by atoms with Gasteiger partial charge < -0.3 is 5.73 Å². The average Bonchev–Trinajstić information content (AvgIpc) is 2.40. The lowest BCUT2D eigenvalue weighted by atomic mass is 9.96. The van der Waals surface area contributed by atoms with Crippen molar-refractivity contribution in [3.63, 3.8) is 0 Å². The highest BCUT2D eigenvalue weighted by Crippen LogP contribution is 2.26. The number of hydrogen-bond acceptors (Lipinski definition) is 4. The molecule has 0 spiro atoms. The number of pyridine rings is 1. The van der Waals surface area contributed by atoms with Crippen molar-refractivity contribution in [2.45, 2.75) is 25.7 Å². The Morgan fingerprint density at radius 3 is 2.82 bits per heavy atom. The molecule has 3 rings (SSSR count). The fourth-order valence-corrected chi connectivity index (χ4v) is 2.25. The van der Waals surface area contributed by atoms with Crippen LogP contribution in [0.25, 0.3) is 11.4 Å². The number of aromatic nitrogens is 3.